The summed E-state index contributed by atoms with van der Waals surface area (Å²) in [5.74, 6) is -1.74. The third kappa shape index (κ3) is 7.03. The number of nitrogens with zero attached hydrogens (tertiary/aromatic N) is 2. The topological polar surface area (TPSA) is 126 Å². The van der Waals surface area contributed by atoms with Crippen LogP contribution in [0.5, 0.6) is 11.5 Å². The maximum Gasteiger partial charge on any atom is 0.332 e. The number of hydrogen-bond acceptors (Lipinski definition) is 9. The molecule has 0 aliphatic heterocycles. The van der Waals surface area contributed by atoms with Gasteiger partial charge in [-0.25, -0.2) is 9.78 Å². The van der Waals surface area contributed by atoms with Crippen LogP contribution >= 0.6 is 0 Å². The molecular weight excluding hydrogens is 610 g/mol. The van der Waals surface area contributed by atoms with Crippen molar-refractivity contribution in [1.29, 1.82) is 0 Å². The number of nitrogens with one attached hydrogen (secondary N) is 1. The molecule has 2 saturated carbocycles. The monoisotopic (exact) mass is 657 g/mol. The van der Waals surface area contributed by atoms with E-state index in [0.717, 1.165) is 16.6 Å². The lowest BCUT2D eigenvalue weighted by molar-refractivity contribution is -0.163. The Kier molecular flexibility index (Phi) is 9.85. The van der Waals surface area contributed by atoms with Gasteiger partial charge in [0.1, 0.15) is 28.7 Å². The number of esters is 2. The second-order valence-corrected chi connectivity index (χ2v) is 14.1. The number of amides is 1. The van der Waals surface area contributed by atoms with Crippen LogP contribution in [-0.2, 0) is 23.9 Å². The number of rotatable bonds is 11. The lowest BCUT2D eigenvalue weighted by Gasteiger charge is -2.25. The standard InChI is InChI=1S/C38H47N3O7/c1-10-23-20-38(23,36(44)46-11-2)41-34(42)26-17-24(18-27(26)35(43)48-37(6,7)8)47-32-19-30(29-14-12-13-28(39-29)21(3)4)40-33-22(5)31(45-9)16-15-25(32)33/h10,12-16,19,21,23-24,26-27H,1,11,17-18,20H2,2-9H3,(H,41,42)/t23-,24-,26-,27-,38-/m1/s1. The first-order valence-electron chi connectivity index (χ1n) is 16.7. The summed E-state index contributed by atoms with van der Waals surface area (Å²) in [6, 6.07) is 11.5. The molecule has 10 heteroatoms. The number of fused-ring (bicyclic) bond motifs is 1. The van der Waals surface area contributed by atoms with E-state index in [9.17, 15) is 14.4 Å². The molecule has 256 valence electrons. The van der Waals surface area contributed by atoms with Gasteiger partial charge >= 0.3 is 11.9 Å². The van der Waals surface area contributed by atoms with Gasteiger partial charge < -0.3 is 24.3 Å². The third-order valence-electron chi connectivity index (χ3n) is 9.14. The third-order valence-corrected chi connectivity index (χ3v) is 9.14. The first kappa shape index (κ1) is 34.9. The fraction of sp³-hybridized carbons (Fsp3) is 0.500. The zero-order chi connectivity index (χ0) is 35.0. The van der Waals surface area contributed by atoms with Crippen molar-refractivity contribution in [3.63, 3.8) is 0 Å². The summed E-state index contributed by atoms with van der Waals surface area (Å²) in [4.78, 5) is 50.3. The molecule has 48 heavy (non-hydrogen) atoms. The number of aryl methyl sites for hydroxylation is 1. The Morgan fingerprint density at radius 2 is 1.79 bits per heavy atom. The van der Waals surface area contributed by atoms with E-state index < -0.39 is 46.9 Å². The smallest absolute Gasteiger partial charge is 0.332 e. The van der Waals surface area contributed by atoms with Gasteiger partial charge in [0.25, 0.3) is 0 Å². The Hall–Kier alpha value is -4.47. The number of carbonyl (C=O) groups excluding carboxylic acids is 3. The summed E-state index contributed by atoms with van der Waals surface area (Å²) in [5, 5.41) is 3.71. The zero-order valence-electron chi connectivity index (χ0n) is 29.2. The number of methoxy groups -OCH3 is 1. The highest BCUT2D eigenvalue weighted by atomic mass is 16.6. The number of carbonyl (C=O) groups is 3. The van der Waals surface area contributed by atoms with Crippen molar-refractivity contribution in [1.82, 2.24) is 15.3 Å². The molecule has 2 heterocycles. The Balaban J connectivity index is 1.51. The van der Waals surface area contributed by atoms with Gasteiger partial charge in [-0.05, 0) is 84.1 Å². The van der Waals surface area contributed by atoms with Crippen molar-refractivity contribution >= 4 is 28.7 Å². The maximum atomic E-state index is 14.0. The molecule has 1 aromatic carbocycles. The van der Waals surface area contributed by atoms with Gasteiger partial charge in [-0.1, -0.05) is 26.0 Å². The Bertz CT molecular complexity index is 1730. The normalized spacial score (nSPS) is 23.4. The van der Waals surface area contributed by atoms with Crippen molar-refractivity contribution in [3.8, 4) is 22.9 Å². The Morgan fingerprint density at radius 3 is 2.42 bits per heavy atom. The van der Waals surface area contributed by atoms with Gasteiger partial charge in [0, 0.05) is 28.6 Å². The summed E-state index contributed by atoms with van der Waals surface area (Å²) in [6.45, 7) is 17.2. The fourth-order valence-corrected chi connectivity index (χ4v) is 6.51. The van der Waals surface area contributed by atoms with Crippen LogP contribution in [0.2, 0.25) is 0 Å². The van der Waals surface area contributed by atoms with Gasteiger partial charge in [0.2, 0.25) is 5.91 Å². The summed E-state index contributed by atoms with van der Waals surface area (Å²) in [5.41, 5.74) is 1.90. The molecular formula is C38H47N3O7. The summed E-state index contributed by atoms with van der Waals surface area (Å²) < 4.78 is 23.4. The predicted octanol–water partition coefficient (Wildman–Crippen LogP) is 6.48. The molecule has 0 spiro atoms. The molecule has 0 saturated heterocycles. The van der Waals surface area contributed by atoms with Gasteiger partial charge in [0.05, 0.1) is 42.5 Å². The van der Waals surface area contributed by atoms with E-state index in [1.54, 1.807) is 40.9 Å². The minimum atomic E-state index is -1.18. The second-order valence-electron chi connectivity index (χ2n) is 14.1. The van der Waals surface area contributed by atoms with Crippen LogP contribution in [0.25, 0.3) is 22.3 Å². The highest BCUT2D eigenvalue weighted by molar-refractivity contribution is 5.95. The van der Waals surface area contributed by atoms with Crippen LogP contribution in [-0.4, -0.2) is 58.8 Å². The van der Waals surface area contributed by atoms with Gasteiger partial charge in [0.15, 0.2) is 0 Å². The van der Waals surface area contributed by atoms with E-state index in [4.69, 9.17) is 28.9 Å². The van der Waals surface area contributed by atoms with E-state index in [-0.39, 0.29) is 31.3 Å². The van der Waals surface area contributed by atoms with Crippen molar-refractivity contribution in [3.05, 3.63) is 60.3 Å². The first-order chi connectivity index (χ1) is 22.7. The quantitative estimate of drug-likeness (QED) is 0.182. The molecule has 2 fully saturated rings. The van der Waals surface area contributed by atoms with E-state index in [2.05, 4.69) is 25.7 Å². The van der Waals surface area contributed by atoms with Crippen molar-refractivity contribution < 1.29 is 33.3 Å². The molecule has 10 nitrogen and oxygen atoms in total. The van der Waals surface area contributed by atoms with Crippen LogP contribution in [0, 0.1) is 24.7 Å². The molecule has 1 amide bonds. The Labute approximate surface area is 282 Å². The summed E-state index contributed by atoms with van der Waals surface area (Å²) in [6.07, 6.45) is 2.02. The first-order valence-corrected chi connectivity index (χ1v) is 16.7. The van der Waals surface area contributed by atoms with Crippen LogP contribution in [0.4, 0.5) is 0 Å². The van der Waals surface area contributed by atoms with Gasteiger partial charge in [-0.2, -0.15) is 0 Å². The molecule has 0 unspecified atom stereocenters. The van der Waals surface area contributed by atoms with E-state index >= 15 is 0 Å². The van der Waals surface area contributed by atoms with Crippen LogP contribution in [0.3, 0.4) is 0 Å². The average Bonchev–Trinajstić information content (AvgIpc) is 3.59. The summed E-state index contributed by atoms with van der Waals surface area (Å²) in [7, 11) is 1.62. The van der Waals surface area contributed by atoms with Crippen molar-refractivity contribution in [2.75, 3.05) is 13.7 Å². The predicted molar refractivity (Wildman–Crippen MR) is 183 cm³/mol. The number of benzene rings is 1. The largest absolute Gasteiger partial charge is 0.496 e. The molecule has 5 atom stereocenters. The Morgan fingerprint density at radius 1 is 1.06 bits per heavy atom. The average molecular weight is 658 g/mol. The molecule has 0 radical (unpaired) electrons. The van der Waals surface area contributed by atoms with Crippen molar-refractivity contribution in [2.45, 2.75) is 90.9 Å². The van der Waals surface area contributed by atoms with Crippen LogP contribution in [0.1, 0.15) is 78.0 Å². The zero-order valence-corrected chi connectivity index (χ0v) is 29.2. The molecule has 2 aliphatic carbocycles. The van der Waals surface area contributed by atoms with Crippen LogP contribution in [0.15, 0.2) is 49.1 Å². The number of aromatic nitrogens is 2. The van der Waals surface area contributed by atoms with Gasteiger partial charge in [-0.15, -0.1) is 6.58 Å². The second kappa shape index (κ2) is 13.6. The molecule has 3 aromatic rings. The number of hydrogen-bond donors (Lipinski definition) is 1. The van der Waals surface area contributed by atoms with E-state index in [0.29, 0.717) is 34.8 Å². The molecule has 0 bridgehead atoms. The lowest BCUT2D eigenvalue weighted by Crippen LogP contribution is -2.49. The minimum absolute atomic E-state index is 0.185. The fourth-order valence-electron chi connectivity index (χ4n) is 6.51. The van der Waals surface area contributed by atoms with E-state index in [1.807, 2.05) is 43.3 Å². The van der Waals surface area contributed by atoms with Crippen LogP contribution < -0.4 is 14.8 Å². The molecule has 2 aliphatic rings. The van der Waals surface area contributed by atoms with Crippen molar-refractivity contribution in [2.24, 2.45) is 17.8 Å². The number of ether oxygens (including phenoxy) is 4. The minimum Gasteiger partial charge on any atom is -0.496 e. The molecule has 1 N–H and O–H groups in total. The summed E-state index contributed by atoms with van der Waals surface area (Å²) >= 11 is 0. The molecule has 2 aromatic heterocycles. The SMILES string of the molecule is C=C[C@@H]1C[C@]1(NC(=O)[C@@H]1C[C@@H](Oc2cc(-c3cccc(C(C)C)n3)nc3c(C)c(OC)ccc23)C[C@H]1C(=O)OC(C)(C)C)C(=O)OCC. The highest BCUT2D eigenvalue weighted by Crippen LogP contribution is 2.47. The number of pyridine rings is 2. The van der Waals surface area contributed by atoms with Gasteiger partial charge in [-0.3, -0.25) is 14.6 Å². The molecule has 5 rings (SSSR count). The highest BCUT2D eigenvalue weighted by Gasteiger charge is 2.62. The lowest BCUT2D eigenvalue weighted by atomic mass is 9.94. The maximum absolute atomic E-state index is 14.0. The van der Waals surface area contributed by atoms with E-state index in [1.165, 1.54) is 0 Å².